The van der Waals surface area contributed by atoms with Crippen LogP contribution in [0, 0.1) is 11.8 Å². The molecule has 0 bridgehead atoms. The van der Waals surface area contributed by atoms with E-state index in [-0.39, 0.29) is 12.3 Å². The van der Waals surface area contributed by atoms with E-state index in [1.807, 2.05) is 6.92 Å². The summed E-state index contributed by atoms with van der Waals surface area (Å²) >= 11 is 0. The average Bonchev–Trinajstić information content (AvgIpc) is 3.26. The lowest BCUT2D eigenvalue weighted by Crippen LogP contribution is -2.59. The molecule has 1 aromatic heterocycles. The molecule has 0 aromatic carbocycles. The molecule has 5 unspecified atom stereocenters. The molecule has 9 N–H and O–H groups in total. The van der Waals surface area contributed by atoms with Crippen LogP contribution in [0.1, 0.15) is 46.2 Å². The number of carboxylic acids is 1. The molecule has 5 atom stereocenters. The van der Waals surface area contributed by atoms with Gasteiger partial charge in [0.2, 0.25) is 23.6 Å². The number of carboxylic acid groups (broad SMARTS) is 1. The summed E-state index contributed by atoms with van der Waals surface area (Å²) in [5, 5.41) is 16.7. The van der Waals surface area contributed by atoms with E-state index in [0.29, 0.717) is 12.1 Å². The summed E-state index contributed by atoms with van der Waals surface area (Å²) in [5.74, 6) is -5.12. The molecule has 0 aliphatic rings. The number of carbonyl (C=O) groups excluding carboxylic acids is 4. The standard InChI is InChI=1S/C21H35N7O6/c1-5-11(4)17(28-18(30)13(22)6-12-8-24-9-25-12)20(32)26-14(7-15(23)29)19(31)27-16(10(2)3)21(33)34/h8-11,13-14,16-17H,5-7,22H2,1-4H3,(H2,23,29)(H,24,25)(H,26,32)(H,27,31)(H,28,30)(H,33,34). The minimum atomic E-state index is -1.42. The van der Waals surface area contributed by atoms with Gasteiger partial charge in [-0.05, 0) is 11.8 Å². The maximum atomic E-state index is 13.0. The van der Waals surface area contributed by atoms with Crippen molar-refractivity contribution in [2.75, 3.05) is 0 Å². The molecular formula is C21H35N7O6. The Kier molecular flexibility index (Phi) is 11.2. The minimum absolute atomic E-state index is 0.166. The van der Waals surface area contributed by atoms with Gasteiger partial charge in [-0.2, -0.15) is 0 Å². The topological polar surface area (TPSA) is 222 Å². The van der Waals surface area contributed by atoms with Crippen molar-refractivity contribution < 1.29 is 29.1 Å². The van der Waals surface area contributed by atoms with E-state index in [4.69, 9.17) is 11.5 Å². The summed E-state index contributed by atoms with van der Waals surface area (Å²) in [6, 6.07) is -4.68. The summed E-state index contributed by atoms with van der Waals surface area (Å²) in [4.78, 5) is 68.0. The van der Waals surface area contributed by atoms with Crippen LogP contribution in [0.5, 0.6) is 0 Å². The summed E-state index contributed by atoms with van der Waals surface area (Å²) in [6.07, 6.45) is 3.10. The summed E-state index contributed by atoms with van der Waals surface area (Å²) in [7, 11) is 0. The van der Waals surface area contributed by atoms with Crippen LogP contribution in [0.4, 0.5) is 0 Å². The lowest BCUT2D eigenvalue weighted by Gasteiger charge is -2.28. The second-order valence-electron chi connectivity index (χ2n) is 8.56. The van der Waals surface area contributed by atoms with Gasteiger partial charge in [0, 0.05) is 18.3 Å². The average molecular weight is 482 g/mol. The van der Waals surface area contributed by atoms with Crippen molar-refractivity contribution in [3.63, 3.8) is 0 Å². The third-order valence-corrected chi connectivity index (χ3v) is 5.39. The number of rotatable bonds is 14. The number of carbonyl (C=O) groups is 5. The first-order valence-corrected chi connectivity index (χ1v) is 11.0. The van der Waals surface area contributed by atoms with Gasteiger partial charge in [-0.25, -0.2) is 9.78 Å². The molecule has 1 heterocycles. The normalized spacial score (nSPS) is 15.5. The molecular weight excluding hydrogens is 446 g/mol. The molecule has 4 amide bonds. The molecule has 190 valence electrons. The Hall–Kier alpha value is -3.48. The fourth-order valence-electron chi connectivity index (χ4n) is 3.13. The number of aromatic nitrogens is 2. The van der Waals surface area contributed by atoms with Gasteiger partial charge >= 0.3 is 5.97 Å². The molecule has 0 aliphatic carbocycles. The summed E-state index contributed by atoms with van der Waals surface area (Å²) < 4.78 is 0. The summed E-state index contributed by atoms with van der Waals surface area (Å²) in [6.45, 7) is 6.74. The number of nitrogens with one attached hydrogen (secondary N) is 4. The van der Waals surface area contributed by atoms with Crippen LogP contribution < -0.4 is 27.4 Å². The highest BCUT2D eigenvalue weighted by molar-refractivity contribution is 5.96. The lowest BCUT2D eigenvalue weighted by molar-refractivity contribution is -0.143. The molecule has 0 aliphatic heterocycles. The van der Waals surface area contributed by atoms with Gasteiger partial charge in [0.15, 0.2) is 0 Å². The number of hydrogen-bond acceptors (Lipinski definition) is 7. The van der Waals surface area contributed by atoms with Crippen molar-refractivity contribution in [3.05, 3.63) is 18.2 Å². The van der Waals surface area contributed by atoms with Gasteiger partial charge in [-0.1, -0.05) is 34.1 Å². The third-order valence-electron chi connectivity index (χ3n) is 5.39. The first kappa shape index (κ1) is 28.6. The largest absolute Gasteiger partial charge is 0.480 e. The number of imidazole rings is 1. The zero-order chi connectivity index (χ0) is 26.0. The van der Waals surface area contributed by atoms with Crippen LogP contribution in [0.25, 0.3) is 0 Å². The number of amides is 4. The van der Waals surface area contributed by atoms with E-state index in [0.717, 1.165) is 0 Å². The van der Waals surface area contributed by atoms with Crippen molar-refractivity contribution in [2.24, 2.45) is 23.3 Å². The first-order valence-electron chi connectivity index (χ1n) is 11.0. The Labute approximate surface area is 197 Å². The highest BCUT2D eigenvalue weighted by Crippen LogP contribution is 2.10. The molecule has 1 rings (SSSR count). The van der Waals surface area contributed by atoms with Crippen molar-refractivity contribution in [1.29, 1.82) is 0 Å². The molecule has 34 heavy (non-hydrogen) atoms. The molecule has 0 saturated heterocycles. The number of nitrogens with two attached hydrogens (primary N) is 2. The monoisotopic (exact) mass is 481 g/mol. The molecule has 0 spiro atoms. The highest BCUT2D eigenvalue weighted by atomic mass is 16.4. The Morgan fingerprint density at radius 3 is 2.12 bits per heavy atom. The van der Waals surface area contributed by atoms with Crippen molar-refractivity contribution in [1.82, 2.24) is 25.9 Å². The molecule has 0 fully saturated rings. The van der Waals surface area contributed by atoms with E-state index >= 15 is 0 Å². The third kappa shape index (κ3) is 8.81. The minimum Gasteiger partial charge on any atom is -0.480 e. The van der Waals surface area contributed by atoms with Crippen molar-refractivity contribution >= 4 is 29.6 Å². The lowest BCUT2D eigenvalue weighted by atomic mass is 9.97. The van der Waals surface area contributed by atoms with E-state index < -0.39 is 66.1 Å². The van der Waals surface area contributed by atoms with Gasteiger partial charge in [0.1, 0.15) is 18.1 Å². The first-order chi connectivity index (χ1) is 15.9. The van der Waals surface area contributed by atoms with Gasteiger partial charge in [-0.3, -0.25) is 19.2 Å². The number of aromatic amines is 1. The van der Waals surface area contributed by atoms with Gasteiger partial charge in [0.25, 0.3) is 0 Å². The van der Waals surface area contributed by atoms with Crippen LogP contribution in [0.2, 0.25) is 0 Å². The number of nitrogens with zero attached hydrogens (tertiary/aromatic N) is 1. The Morgan fingerprint density at radius 1 is 1.03 bits per heavy atom. The highest BCUT2D eigenvalue weighted by Gasteiger charge is 2.33. The second-order valence-corrected chi connectivity index (χ2v) is 8.56. The fraction of sp³-hybridized carbons (Fsp3) is 0.619. The zero-order valence-corrected chi connectivity index (χ0v) is 19.8. The maximum absolute atomic E-state index is 13.0. The van der Waals surface area contributed by atoms with E-state index in [9.17, 15) is 29.1 Å². The molecule has 1 aromatic rings. The smallest absolute Gasteiger partial charge is 0.326 e. The van der Waals surface area contributed by atoms with E-state index in [1.54, 1.807) is 20.8 Å². The number of primary amides is 1. The molecule has 13 nitrogen and oxygen atoms in total. The van der Waals surface area contributed by atoms with Gasteiger partial charge < -0.3 is 37.5 Å². The molecule has 0 saturated carbocycles. The van der Waals surface area contributed by atoms with Crippen molar-refractivity contribution in [3.8, 4) is 0 Å². The van der Waals surface area contributed by atoms with Gasteiger partial charge in [-0.15, -0.1) is 0 Å². The van der Waals surface area contributed by atoms with Crippen LogP contribution in [-0.4, -0.2) is 68.8 Å². The predicted molar refractivity (Wildman–Crippen MR) is 122 cm³/mol. The number of H-pyrrole nitrogens is 1. The van der Waals surface area contributed by atoms with Crippen LogP contribution in [-0.2, 0) is 30.4 Å². The number of aliphatic carboxylic acids is 1. The van der Waals surface area contributed by atoms with E-state index in [2.05, 4.69) is 25.9 Å². The van der Waals surface area contributed by atoms with Gasteiger partial charge in [0.05, 0.1) is 18.8 Å². The molecule has 13 heteroatoms. The quantitative estimate of drug-likeness (QED) is 0.163. The van der Waals surface area contributed by atoms with Crippen LogP contribution in [0.15, 0.2) is 12.5 Å². The van der Waals surface area contributed by atoms with Crippen LogP contribution in [0.3, 0.4) is 0 Å². The fourth-order valence-corrected chi connectivity index (χ4v) is 3.13. The Bertz CT molecular complexity index is 858. The van der Waals surface area contributed by atoms with Crippen molar-refractivity contribution in [2.45, 2.75) is 71.1 Å². The molecule has 0 radical (unpaired) electrons. The second kappa shape index (κ2) is 13.3. The maximum Gasteiger partial charge on any atom is 0.326 e. The Morgan fingerprint density at radius 2 is 1.65 bits per heavy atom. The summed E-state index contributed by atoms with van der Waals surface area (Å²) in [5.41, 5.74) is 11.8. The Balaban J connectivity index is 2.98. The SMILES string of the molecule is CCC(C)C(NC(=O)C(N)Cc1cnc[nH]1)C(=O)NC(CC(N)=O)C(=O)NC(C(=O)O)C(C)C. The van der Waals surface area contributed by atoms with Crippen LogP contribution >= 0.6 is 0 Å². The van der Waals surface area contributed by atoms with E-state index in [1.165, 1.54) is 12.5 Å². The number of hydrogen-bond donors (Lipinski definition) is 7. The predicted octanol–water partition coefficient (Wildman–Crippen LogP) is -1.60. The zero-order valence-electron chi connectivity index (χ0n) is 19.8.